The van der Waals surface area contributed by atoms with Gasteiger partial charge in [-0.3, -0.25) is 14.4 Å². The van der Waals surface area contributed by atoms with Crippen LogP contribution >= 0.6 is 24.4 Å². The first kappa shape index (κ1) is 36.4. The molecule has 1 rings (SSSR count). The normalized spacial score (nSPS) is 24.1. The number of aliphatic carboxylic acids is 1. The molecular weight excluding hydrogens is 570 g/mol. The number of hydrogen-bond donors (Lipinski definition) is 8. The summed E-state index contributed by atoms with van der Waals surface area (Å²) in [5, 5.41) is 48.5. The van der Waals surface area contributed by atoms with Crippen LogP contribution in [0.2, 0.25) is 0 Å². The van der Waals surface area contributed by atoms with Crippen LogP contribution in [0.1, 0.15) is 33.1 Å². The van der Waals surface area contributed by atoms with Crippen LogP contribution in [0.25, 0.3) is 0 Å². The number of carboxylic acid groups (broad SMARTS) is 1. The Morgan fingerprint density at radius 3 is 2.23 bits per heavy atom. The minimum absolute atomic E-state index is 0.0498. The summed E-state index contributed by atoms with van der Waals surface area (Å²) in [7, 11) is 0. The zero-order valence-electron chi connectivity index (χ0n) is 22.9. The topological polar surface area (TPSA) is 213 Å². The van der Waals surface area contributed by atoms with Gasteiger partial charge in [0, 0.05) is 45.4 Å². The maximum absolute atomic E-state index is 12.3. The fourth-order valence-corrected chi connectivity index (χ4v) is 5.01. The van der Waals surface area contributed by atoms with Gasteiger partial charge in [-0.25, -0.2) is 4.79 Å². The first-order valence-corrected chi connectivity index (χ1v) is 14.7. The van der Waals surface area contributed by atoms with Crippen LogP contribution in [0.3, 0.4) is 0 Å². The van der Waals surface area contributed by atoms with Crippen molar-refractivity contribution < 1.29 is 53.8 Å². The maximum Gasteiger partial charge on any atom is 0.346 e. The van der Waals surface area contributed by atoms with Gasteiger partial charge in [0.15, 0.2) is 0 Å². The largest absolute Gasteiger partial charge is 0.478 e. The Kier molecular flexibility index (Phi) is 17.7. The summed E-state index contributed by atoms with van der Waals surface area (Å²) in [6.07, 6.45) is -3.48. The molecule has 0 bridgehead atoms. The van der Waals surface area contributed by atoms with E-state index in [4.69, 9.17) is 14.2 Å². The highest BCUT2D eigenvalue weighted by molar-refractivity contribution is 8.01. The van der Waals surface area contributed by atoms with Gasteiger partial charge in [-0.2, -0.15) is 12.6 Å². The van der Waals surface area contributed by atoms with Gasteiger partial charge in [0.25, 0.3) is 0 Å². The highest BCUT2D eigenvalue weighted by Crippen LogP contribution is 2.40. The molecule has 14 nitrogen and oxygen atoms in total. The summed E-state index contributed by atoms with van der Waals surface area (Å²) in [5.41, 5.74) is 0. The van der Waals surface area contributed by atoms with Crippen molar-refractivity contribution in [3.63, 3.8) is 0 Å². The second-order valence-corrected chi connectivity index (χ2v) is 11.0. The lowest BCUT2D eigenvalue weighted by Crippen LogP contribution is -2.65. The van der Waals surface area contributed by atoms with Crippen molar-refractivity contribution in [2.45, 2.75) is 62.4 Å². The summed E-state index contributed by atoms with van der Waals surface area (Å²) in [4.78, 5) is 45.6. The fraction of sp³-hybridized carbons (Fsp3) is 0.833. The third kappa shape index (κ3) is 12.9. The number of aliphatic hydroxyl groups is 3. The molecular formula is C24H43N3O11S2. The van der Waals surface area contributed by atoms with Crippen LogP contribution in [0, 0.1) is 5.92 Å². The first-order valence-electron chi connectivity index (χ1n) is 13.1. The fourth-order valence-electron chi connectivity index (χ4n) is 3.79. The number of nitrogens with one attached hydrogen (secondary N) is 3. The molecule has 16 heteroatoms. The number of carboxylic acids is 1. The SMILES string of the molecule is CC(=O)N[C@H]1C([C@H](O)[C@H](C)CO)O[C@@](SCC(=O)NCCOCCOCCNC(=O)CCCS)(C(=O)O)C[C@H]1O. The van der Waals surface area contributed by atoms with Gasteiger partial charge in [0.2, 0.25) is 22.7 Å². The summed E-state index contributed by atoms with van der Waals surface area (Å²) >= 11 is 4.69. The smallest absolute Gasteiger partial charge is 0.346 e. The average Bonchev–Trinajstić information content (AvgIpc) is 2.91. The van der Waals surface area contributed by atoms with Gasteiger partial charge in [0.05, 0.1) is 50.4 Å². The van der Waals surface area contributed by atoms with Crippen LogP contribution in [0.4, 0.5) is 0 Å². The lowest BCUT2D eigenvalue weighted by Gasteiger charge is -2.46. The van der Waals surface area contributed by atoms with Crippen molar-refractivity contribution in [2.75, 3.05) is 57.6 Å². The van der Waals surface area contributed by atoms with E-state index in [1.54, 1.807) is 0 Å². The van der Waals surface area contributed by atoms with E-state index in [0.29, 0.717) is 50.1 Å². The summed E-state index contributed by atoms with van der Waals surface area (Å²) < 4.78 is 16.5. The molecule has 0 aliphatic carbocycles. The zero-order chi connectivity index (χ0) is 30.1. The third-order valence-electron chi connectivity index (χ3n) is 5.98. The lowest BCUT2D eigenvalue weighted by atomic mass is 9.87. The van der Waals surface area contributed by atoms with Crippen LogP contribution in [0.5, 0.6) is 0 Å². The van der Waals surface area contributed by atoms with Crippen molar-refractivity contribution in [3.8, 4) is 0 Å². The van der Waals surface area contributed by atoms with E-state index in [2.05, 4.69) is 28.6 Å². The monoisotopic (exact) mass is 613 g/mol. The Balaban J connectivity index is 2.46. The van der Waals surface area contributed by atoms with Crippen LogP contribution < -0.4 is 16.0 Å². The molecule has 1 heterocycles. The molecule has 6 atom stereocenters. The number of amides is 3. The summed E-state index contributed by atoms with van der Waals surface area (Å²) in [6, 6.07) is -1.12. The Hall–Kier alpha value is -1.66. The number of thioether (sulfide) groups is 1. The van der Waals surface area contributed by atoms with Gasteiger partial charge in [-0.15, -0.1) is 11.8 Å². The molecule has 0 spiro atoms. The molecule has 7 N–H and O–H groups in total. The standard InChI is InChI=1S/C24H43N3O11S2/c1-15(13-28)21(33)22-20(27-16(2)29)17(30)12-24(38-22,23(34)35)40-14-19(32)26-6-8-37-10-9-36-7-5-25-18(31)4-3-11-39/h15,17,20-22,28,30,33,39H,3-14H2,1-2H3,(H,25,31)(H,26,32)(H,27,29)(H,34,35)/t15-,17-,20-,21-,22?,24+/m1/s1. The van der Waals surface area contributed by atoms with E-state index in [0.717, 1.165) is 0 Å². The summed E-state index contributed by atoms with van der Waals surface area (Å²) in [6.45, 7) is 3.92. The second-order valence-electron chi connectivity index (χ2n) is 9.33. The molecule has 1 aliphatic heterocycles. The highest BCUT2D eigenvalue weighted by Gasteiger charge is 2.54. The Morgan fingerprint density at radius 1 is 1.10 bits per heavy atom. The van der Waals surface area contributed by atoms with Crippen molar-refractivity contribution in [3.05, 3.63) is 0 Å². The Morgan fingerprint density at radius 2 is 1.70 bits per heavy atom. The van der Waals surface area contributed by atoms with Crippen molar-refractivity contribution in [1.29, 1.82) is 0 Å². The van der Waals surface area contributed by atoms with Gasteiger partial charge in [-0.1, -0.05) is 6.92 Å². The molecule has 1 saturated heterocycles. The molecule has 232 valence electrons. The number of thiol groups is 1. The van der Waals surface area contributed by atoms with E-state index < -0.39 is 66.0 Å². The minimum atomic E-state index is -2.08. The molecule has 40 heavy (non-hydrogen) atoms. The number of rotatable bonds is 20. The molecule has 0 aromatic carbocycles. The molecule has 0 aromatic rings. The zero-order valence-corrected chi connectivity index (χ0v) is 24.6. The second kappa shape index (κ2) is 19.5. The summed E-state index contributed by atoms with van der Waals surface area (Å²) in [5.74, 6) is -2.95. The molecule has 0 radical (unpaired) electrons. The Labute approximate surface area is 243 Å². The maximum atomic E-state index is 12.3. The quantitative estimate of drug-likeness (QED) is 0.0560. The van der Waals surface area contributed by atoms with Crippen LogP contribution in [0.15, 0.2) is 0 Å². The average molecular weight is 614 g/mol. The van der Waals surface area contributed by atoms with Crippen LogP contribution in [-0.4, -0.2) is 131 Å². The van der Waals surface area contributed by atoms with E-state index in [1.807, 2.05) is 0 Å². The van der Waals surface area contributed by atoms with E-state index in [9.17, 15) is 39.6 Å². The predicted octanol–water partition coefficient (Wildman–Crippen LogP) is -1.88. The number of carbonyl (C=O) groups is 4. The predicted molar refractivity (Wildman–Crippen MR) is 149 cm³/mol. The van der Waals surface area contributed by atoms with E-state index in [-0.39, 0.29) is 31.4 Å². The number of aliphatic hydroxyl groups excluding tert-OH is 3. The molecule has 3 amide bonds. The van der Waals surface area contributed by atoms with Gasteiger partial charge in [0.1, 0.15) is 6.10 Å². The van der Waals surface area contributed by atoms with Gasteiger partial charge in [-0.05, 0) is 12.2 Å². The first-order chi connectivity index (χ1) is 19.0. The van der Waals surface area contributed by atoms with Crippen molar-refractivity contribution in [2.24, 2.45) is 5.92 Å². The number of ether oxygens (including phenoxy) is 3. The van der Waals surface area contributed by atoms with Crippen molar-refractivity contribution >= 4 is 48.1 Å². The van der Waals surface area contributed by atoms with E-state index in [1.165, 1.54) is 13.8 Å². The minimum Gasteiger partial charge on any atom is -0.478 e. The van der Waals surface area contributed by atoms with Crippen molar-refractivity contribution in [1.82, 2.24) is 16.0 Å². The Bertz CT molecular complexity index is 810. The van der Waals surface area contributed by atoms with Gasteiger partial charge >= 0.3 is 5.97 Å². The molecule has 1 unspecified atom stereocenters. The van der Waals surface area contributed by atoms with Crippen LogP contribution in [-0.2, 0) is 33.4 Å². The number of hydrogen-bond acceptors (Lipinski definition) is 12. The molecule has 0 aromatic heterocycles. The third-order valence-corrected chi connectivity index (χ3v) is 7.61. The molecule has 1 aliphatic rings. The van der Waals surface area contributed by atoms with Gasteiger partial charge < -0.3 is 50.6 Å². The molecule has 0 saturated carbocycles. The lowest BCUT2D eigenvalue weighted by molar-refractivity contribution is -0.199. The molecule has 1 fully saturated rings. The number of carbonyl (C=O) groups excluding carboxylic acids is 3. The van der Waals surface area contributed by atoms with E-state index >= 15 is 0 Å². The highest BCUT2D eigenvalue weighted by atomic mass is 32.2.